The maximum absolute atomic E-state index is 11.9. The van der Waals surface area contributed by atoms with Gasteiger partial charge >= 0.3 is 0 Å². The summed E-state index contributed by atoms with van der Waals surface area (Å²) in [7, 11) is 0. The number of carbonyl (C=O) groups excluding carboxylic acids is 1. The molecule has 1 fully saturated rings. The minimum atomic E-state index is 0.0268. The summed E-state index contributed by atoms with van der Waals surface area (Å²) < 4.78 is 0. The minimum absolute atomic E-state index is 0.0268. The summed E-state index contributed by atoms with van der Waals surface area (Å²) >= 11 is 1.56. The van der Waals surface area contributed by atoms with Crippen LogP contribution in [0.1, 0.15) is 40.7 Å². The summed E-state index contributed by atoms with van der Waals surface area (Å²) in [6, 6.07) is 3.91. The van der Waals surface area contributed by atoms with Crippen LogP contribution in [0, 0.1) is 5.41 Å². The van der Waals surface area contributed by atoms with Gasteiger partial charge in [0.15, 0.2) is 0 Å². The van der Waals surface area contributed by atoms with Gasteiger partial charge in [0.1, 0.15) is 0 Å². The van der Waals surface area contributed by atoms with Crippen molar-refractivity contribution in [2.75, 3.05) is 13.2 Å². The zero-order chi connectivity index (χ0) is 12.3. The number of amides is 1. The monoisotopic (exact) mass is 253 g/mol. The first-order valence-corrected chi connectivity index (χ1v) is 6.98. The number of aryl methyl sites for hydroxylation is 1. The van der Waals surface area contributed by atoms with Crippen molar-refractivity contribution in [2.45, 2.75) is 32.6 Å². The number of hydrogen-bond donors (Lipinski definition) is 2. The summed E-state index contributed by atoms with van der Waals surface area (Å²) in [6.45, 7) is 3.01. The van der Waals surface area contributed by atoms with Gasteiger partial charge in [-0.25, -0.2) is 0 Å². The number of aliphatic hydroxyl groups is 1. The molecule has 1 amide bonds. The molecule has 2 rings (SSSR count). The van der Waals surface area contributed by atoms with Crippen molar-refractivity contribution in [1.82, 2.24) is 5.32 Å². The van der Waals surface area contributed by atoms with Crippen LogP contribution in [0.3, 0.4) is 0 Å². The molecule has 1 aromatic heterocycles. The van der Waals surface area contributed by atoms with Crippen molar-refractivity contribution in [3.63, 3.8) is 0 Å². The highest BCUT2D eigenvalue weighted by atomic mass is 32.1. The lowest BCUT2D eigenvalue weighted by Gasteiger charge is -2.13. The van der Waals surface area contributed by atoms with E-state index in [0.29, 0.717) is 6.54 Å². The second kappa shape index (κ2) is 5.19. The van der Waals surface area contributed by atoms with Crippen LogP contribution in [-0.2, 0) is 6.42 Å². The van der Waals surface area contributed by atoms with Gasteiger partial charge in [0.25, 0.3) is 5.91 Å². The van der Waals surface area contributed by atoms with E-state index in [1.165, 1.54) is 4.88 Å². The highest BCUT2D eigenvalue weighted by molar-refractivity contribution is 7.14. The molecule has 0 spiro atoms. The molecule has 17 heavy (non-hydrogen) atoms. The normalized spacial score (nSPS) is 16.8. The zero-order valence-electron chi connectivity index (χ0n) is 10.2. The van der Waals surface area contributed by atoms with E-state index in [2.05, 4.69) is 12.2 Å². The first-order valence-electron chi connectivity index (χ1n) is 6.17. The number of rotatable bonds is 6. The largest absolute Gasteiger partial charge is 0.396 e. The fraction of sp³-hybridized carbons (Fsp3) is 0.615. The Balaban J connectivity index is 1.85. The molecule has 1 aromatic rings. The number of nitrogens with one attached hydrogen (secondary N) is 1. The van der Waals surface area contributed by atoms with Crippen LogP contribution in [0.25, 0.3) is 0 Å². The molecular formula is C13H19NO2S. The van der Waals surface area contributed by atoms with Crippen molar-refractivity contribution >= 4 is 17.2 Å². The fourth-order valence-corrected chi connectivity index (χ4v) is 2.84. The van der Waals surface area contributed by atoms with Gasteiger partial charge in [0, 0.05) is 18.0 Å². The highest BCUT2D eigenvalue weighted by Crippen LogP contribution is 2.47. The number of carbonyl (C=O) groups is 1. The molecular weight excluding hydrogens is 234 g/mol. The highest BCUT2D eigenvalue weighted by Gasteiger charge is 2.41. The SMILES string of the molecule is CCc1ccc(C(=O)NCC2(CCO)CC2)s1. The zero-order valence-corrected chi connectivity index (χ0v) is 11.0. The van der Waals surface area contributed by atoms with Gasteiger partial charge in [-0.3, -0.25) is 4.79 Å². The number of hydrogen-bond acceptors (Lipinski definition) is 3. The second-order valence-electron chi connectivity index (χ2n) is 4.78. The van der Waals surface area contributed by atoms with E-state index in [1.54, 1.807) is 11.3 Å². The molecule has 1 heterocycles. The lowest BCUT2D eigenvalue weighted by Crippen LogP contribution is -2.30. The molecule has 0 aromatic carbocycles. The van der Waals surface area contributed by atoms with E-state index >= 15 is 0 Å². The molecule has 1 aliphatic rings. The lowest BCUT2D eigenvalue weighted by molar-refractivity contribution is 0.0945. The average molecular weight is 253 g/mol. The molecule has 0 bridgehead atoms. The Hall–Kier alpha value is -0.870. The van der Waals surface area contributed by atoms with Gasteiger partial charge in [-0.2, -0.15) is 0 Å². The van der Waals surface area contributed by atoms with E-state index in [1.807, 2.05) is 12.1 Å². The van der Waals surface area contributed by atoms with Crippen molar-refractivity contribution in [2.24, 2.45) is 5.41 Å². The molecule has 4 heteroatoms. The Bertz CT molecular complexity index is 396. The minimum Gasteiger partial charge on any atom is -0.396 e. The molecule has 0 unspecified atom stereocenters. The molecule has 3 nitrogen and oxygen atoms in total. The van der Waals surface area contributed by atoms with Crippen LogP contribution in [-0.4, -0.2) is 24.2 Å². The molecule has 2 N–H and O–H groups in total. The number of aliphatic hydroxyl groups excluding tert-OH is 1. The Labute approximate surface area is 106 Å². The van der Waals surface area contributed by atoms with Gasteiger partial charge in [0.2, 0.25) is 0 Å². The van der Waals surface area contributed by atoms with Gasteiger partial charge < -0.3 is 10.4 Å². The van der Waals surface area contributed by atoms with Crippen LogP contribution in [0.5, 0.6) is 0 Å². The van der Waals surface area contributed by atoms with Crippen LogP contribution < -0.4 is 5.32 Å². The third-order valence-corrected chi connectivity index (χ3v) is 4.69. The summed E-state index contributed by atoms with van der Waals surface area (Å²) in [5, 5.41) is 11.9. The van der Waals surface area contributed by atoms with Crippen molar-refractivity contribution < 1.29 is 9.90 Å². The molecule has 94 valence electrons. The molecule has 0 radical (unpaired) electrons. The quantitative estimate of drug-likeness (QED) is 0.816. The predicted octanol–water partition coefficient (Wildman–Crippen LogP) is 2.20. The van der Waals surface area contributed by atoms with Crippen LogP contribution in [0.15, 0.2) is 12.1 Å². The molecule has 0 saturated heterocycles. The average Bonchev–Trinajstić information content (AvgIpc) is 2.93. The Morgan fingerprint density at radius 2 is 2.29 bits per heavy atom. The maximum Gasteiger partial charge on any atom is 0.261 e. The Kier molecular flexibility index (Phi) is 3.84. The lowest BCUT2D eigenvalue weighted by atomic mass is 10.0. The molecule has 0 atom stereocenters. The van der Waals surface area contributed by atoms with Gasteiger partial charge in [-0.1, -0.05) is 6.92 Å². The Morgan fingerprint density at radius 3 is 2.82 bits per heavy atom. The fourth-order valence-electron chi connectivity index (χ4n) is 1.97. The van der Waals surface area contributed by atoms with Crippen LogP contribution >= 0.6 is 11.3 Å². The van der Waals surface area contributed by atoms with E-state index < -0.39 is 0 Å². The van der Waals surface area contributed by atoms with Gasteiger partial charge in [0.05, 0.1) is 4.88 Å². The topological polar surface area (TPSA) is 49.3 Å². The van der Waals surface area contributed by atoms with E-state index in [0.717, 1.165) is 30.6 Å². The summed E-state index contributed by atoms with van der Waals surface area (Å²) in [4.78, 5) is 13.9. The van der Waals surface area contributed by atoms with Gasteiger partial charge in [-0.05, 0) is 43.2 Å². The first kappa shape index (κ1) is 12.6. The number of thiophene rings is 1. The predicted molar refractivity (Wildman–Crippen MR) is 69.4 cm³/mol. The molecule has 1 saturated carbocycles. The van der Waals surface area contributed by atoms with Crippen molar-refractivity contribution in [3.05, 3.63) is 21.9 Å². The van der Waals surface area contributed by atoms with E-state index in [-0.39, 0.29) is 17.9 Å². The first-order chi connectivity index (χ1) is 8.19. The van der Waals surface area contributed by atoms with Crippen LogP contribution in [0.2, 0.25) is 0 Å². The third kappa shape index (κ3) is 3.07. The van der Waals surface area contributed by atoms with E-state index in [9.17, 15) is 4.79 Å². The summed E-state index contributed by atoms with van der Waals surface area (Å²) in [6.07, 6.45) is 4.03. The standard InChI is InChI=1S/C13H19NO2S/c1-2-10-3-4-11(17-10)12(16)14-9-13(5-6-13)7-8-15/h3-4,15H,2,5-9H2,1H3,(H,14,16). The summed E-state index contributed by atoms with van der Waals surface area (Å²) in [5.41, 5.74) is 0.190. The Morgan fingerprint density at radius 1 is 1.53 bits per heavy atom. The second-order valence-corrected chi connectivity index (χ2v) is 5.94. The smallest absolute Gasteiger partial charge is 0.261 e. The third-order valence-electron chi connectivity index (χ3n) is 3.46. The van der Waals surface area contributed by atoms with E-state index in [4.69, 9.17) is 5.11 Å². The maximum atomic E-state index is 11.9. The summed E-state index contributed by atoms with van der Waals surface area (Å²) in [5.74, 6) is 0.0268. The van der Waals surface area contributed by atoms with Crippen LogP contribution in [0.4, 0.5) is 0 Å². The van der Waals surface area contributed by atoms with Gasteiger partial charge in [-0.15, -0.1) is 11.3 Å². The molecule has 1 aliphatic carbocycles. The van der Waals surface area contributed by atoms with Crippen molar-refractivity contribution in [3.8, 4) is 0 Å². The van der Waals surface area contributed by atoms with Crippen molar-refractivity contribution in [1.29, 1.82) is 0 Å². The molecule has 0 aliphatic heterocycles.